The van der Waals surface area contributed by atoms with Gasteiger partial charge in [0.1, 0.15) is 17.8 Å². The molecule has 14 heavy (non-hydrogen) atoms. The van der Waals surface area contributed by atoms with E-state index >= 15 is 0 Å². The first-order valence-corrected chi connectivity index (χ1v) is 4.71. The van der Waals surface area contributed by atoms with Gasteiger partial charge in [-0.15, -0.1) is 0 Å². The Morgan fingerprint density at radius 3 is 2.36 bits per heavy atom. The third kappa shape index (κ3) is 1.36. The van der Waals surface area contributed by atoms with Gasteiger partial charge in [-0.25, -0.2) is 0 Å². The highest BCUT2D eigenvalue weighted by molar-refractivity contribution is 5.01. The van der Waals surface area contributed by atoms with Crippen LogP contribution >= 0.6 is 0 Å². The fourth-order valence-corrected chi connectivity index (χ4v) is 1.94. The molecule has 2 saturated heterocycles. The fourth-order valence-electron chi connectivity index (χ4n) is 1.94. The Kier molecular flexibility index (Phi) is 2.14. The van der Waals surface area contributed by atoms with Crippen LogP contribution in [-0.4, -0.2) is 46.7 Å². The largest absolute Gasteiger partial charge is 0.394 e. The molecular formula is C9H16O5. The zero-order valence-corrected chi connectivity index (χ0v) is 8.56. The lowest BCUT2D eigenvalue weighted by atomic mass is 9.95. The Morgan fingerprint density at radius 2 is 1.86 bits per heavy atom. The van der Waals surface area contributed by atoms with Crippen molar-refractivity contribution in [2.75, 3.05) is 6.61 Å². The lowest BCUT2D eigenvalue weighted by Crippen LogP contribution is -2.47. The van der Waals surface area contributed by atoms with Gasteiger partial charge in [0.15, 0.2) is 12.1 Å². The summed E-state index contributed by atoms with van der Waals surface area (Å²) in [7, 11) is 0. The fraction of sp³-hybridized carbons (Fsp3) is 1.00. The second-order valence-corrected chi connectivity index (χ2v) is 4.46. The van der Waals surface area contributed by atoms with Crippen LogP contribution in [0.1, 0.15) is 20.8 Å². The molecule has 0 aromatic carbocycles. The van der Waals surface area contributed by atoms with Crippen LogP contribution in [0, 0.1) is 0 Å². The van der Waals surface area contributed by atoms with Crippen molar-refractivity contribution in [2.45, 2.75) is 50.7 Å². The first-order valence-electron chi connectivity index (χ1n) is 4.71. The summed E-state index contributed by atoms with van der Waals surface area (Å²) in [4.78, 5) is 0. The molecule has 2 rings (SSSR count). The first kappa shape index (κ1) is 10.3. The highest BCUT2D eigenvalue weighted by atomic mass is 16.8. The van der Waals surface area contributed by atoms with Crippen LogP contribution < -0.4 is 0 Å². The minimum atomic E-state index is -1.20. The predicted octanol–water partition coefficient (Wildman–Crippen LogP) is -0.394. The smallest absolute Gasteiger partial charge is 0.190 e. The second-order valence-electron chi connectivity index (χ2n) is 4.46. The normalized spacial score (nSPS) is 50.8. The van der Waals surface area contributed by atoms with E-state index in [0.717, 1.165) is 0 Å². The van der Waals surface area contributed by atoms with Gasteiger partial charge in [-0.3, -0.25) is 0 Å². The number of aliphatic hydroxyl groups is 2. The number of ether oxygens (including phenoxy) is 3. The van der Waals surface area contributed by atoms with E-state index in [-0.39, 0.29) is 6.61 Å². The molecule has 4 atom stereocenters. The Balaban J connectivity index is 2.18. The quantitative estimate of drug-likeness (QED) is 0.608. The number of hydrogen-bond acceptors (Lipinski definition) is 5. The zero-order chi connectivity index (χ0) is 10.6. The Bertz CT molecular complexity index is 237. The van der Waals surface area contributed by atoms with Gasteiger partial charge >= 0.3 is 0 Å². The van der Waals surface area contributed by atoms with Crippen LogP contribution in [0.5, 0.6) is 0 Å². The second kappa shape index (κ2) is 2.90. The maximum absolute atomic E-state index is 10.1. The lowest BCUT2D eigenvalue weighted by Gasteiger charge is -2.29. The van der Waals surface area contributed by atoms with Crippen LogP contribution in [-0.2, 0) is 14.2 Å². The summed E-state index contributed by atoms with van der Waals surface area (Å²) >= 11 is 0. The molecule has 5 heteroatoms. The molecule has 2 heterocycles. The van der Waals surface area contributed by atoms with Crippen molar-refractivity contribution in [3.8, 4) is 0 Å². The molecule has 0 amide bonds. The molecule has 2 aliphatic rings. The Labute approximate surface area is 82.6 Å². The predicted molar refractivity (Wildman–Crippen MR) is 46.4 cm³/mol. The van der Waals surface area contributed by atoms with Crippen molar-refractivity contribution in [3.63, 3.8) is 0 Å². The third-order valence-electron chi connectivity index (χ3n) is 2.75. The molecule has 5 nitrogen and oxygen atoms in total. The zero-order valence-electron chi connectivity index (χ0n) is 8.56. The van der Waals surface area contributed by atoms with Crippen LogP contribution in [0.2, 0.25) is 0 Å². The standard InChI is InChI=1S/C9H16O5/c1-8(2)13-6-7(14-8)12-5(4-10)9(6,3)11/h5-7,10-11H,4H2,1-3H3/t5?,6?,7?,9-/m1/s1. The summed E-state index contributed by atoms with van der Waals surface area (Å²) in [5, 5.41) is 19.1. The maximum Gasteiger partial charge on any atom is 0.190 e. The van der Waals surface area contributed by atoms with Crippen LogP contribution in [0.15, 0.2) is 0 Å². The van der Waals surface area contributed by atoms with E-state index in [2.05, 4.69) is 0 Å². The molecular weight excluding hydrogens is 188 g/mol. The van der Waals surface area contributed by atoms with Gasteiger partial charge in [0.25, 0.3) is 0 Å². The molecule has 0 aromatic heterocycles. The third-order valence-corrected chi connectivity index (χ3v) is 2.75. The van der Waals surface area contributed by atoms with Crippen LogP contribution in [0.3, 0.4) is 0 Å². The Hall–Kier alpha value is -0.200. The van der Waals surface area contributed by atoms with Crippen molar-refractivity contribution in [3.05, 3.63) is 0 Å². The average Bonchev–Trinajstić information content (AvgIpc) is 2.45. The van der Waals surface area contributed by atoms with Crippen molar-refractivity contribution in [1.82, 2.24) is 0 Å². The molecule has 82 valence electrons. The van der Waals surface area contributed by atoms with Crippen molar-refractivity contribution in [1.29, 1.82) is 0 Å². The molecule has 0 radical (unpaired) electrons. The van der Waals surface area contributed by atoms with Gasteiger partial charge in [-0.05, 0) is 20.8 Å². The summed E-state index contributed by atoms with van der Waals surface area (Å²) in [6.45, 7) is 4.87. The first-order chi connectivity index (χ1) is 6.37. The summed E-state index contributed by atoms with van der Waals surface area (Å²) in [6.07, 6.45) is -1.76. The topological polar surface area (TPSA) is 68.2 Å². The highest BCUT2D eigenvalue weighted by Gasteiger charge is 2.60. The number of aliphatic hydroxyl groups excluding tert-OH is 1. The molecule has 0 aromatic rings. The minimum Gasteiger partial charge on any atom is -0.394 e. The van der Waals surface area contributed by atoms with E-state index in [0.29, 0.717) is 0 Å². The average molecular weight is 204 g/mol. The van der Waals surface area contributed by atoms with Gasteiger partial charge < -0.3 is 24.4 Å². The van der Waals surface area contributed by atoms with Crippen LogP contribution in [0.25, 0.3) is 0 Å². The molecule has 0 saturated carbocycles. The minimum absolute atomic E-state index is 0.243. The number of hydrogen-bond donors (Lipinski definition) is 2. The monoisotopic (exact) mass is 204 g/mol. The molecule has 0 bridgehead atoms. The van der Waals surface area contributed by atoms with E-state index in [1.165, 1.54) is 0 Å². The summed E-state index contributed by atoms with van der Waals surface area (Å²) in [6, 6.07) is 0. The van der Waals surface area contributed by atoms with E-state index < -0.39 is 29.9 Å². The maximum atomic E-state index is 10.1. The summed E-state index contributed by atoms with van der Waals surface area (Å²) < 4.78 is 16.3. The summed E-state index contributed by atoms with van der Waals surface area (Å²) in [5.41, 5.74) is -1.20. The van der Waals surface area contributed by atoms with Gasteiger partial charge in [0.05, 0.1) is 6.61 Å². The summed E-state index contributed by atoms with van der Waals surface area (Å²) in [5.74, 6) is -0.736. The van der Waals surface area contributed by atoms with Gasteiger partial charge in [-0.1, -0.05) is 0 Å². The van der Waals surface area contributed by atoms with E-state index in [1.807, 2.05) is 0 Å². The highest BCUT2D eigenvalue weighted by Crippen LogP contribution is 2.42. The van der Waals surface area contributed by atoms with E-state index in [4.69, 9.17) is 19.3 Å². The molecule has 2 N–H and O–H groups in total. The molecule has 0 spiro atoms. The van der Waals surface area contributed by atoms with Gasteiger partial charge in [0, 0.05) is 0 Å². The molecule has 2 fully saturated rings. The van der Waals surface area contributed by atoms with Gasteiger partial charge in [0.2, 0.25) is 0 Å². The molecule has 0 aliphatic carbocycles. The Morgan fingerprint density at radius 1 is 1.21 bits per heavy atom. The van der Waals surface area contributed by atoms with E-state index in [9.17, 15) is 5.11 Å². The van der Waals surface area contributed by atoms with E-state index in [1.54, 1.807) is 20.8 Å². The van der Waals surface area contributed by atoms with Gasteiger partial charge in [-0.2, -0.15) is 0 Å². The molecule has 2 aliphatic heterocycles. The number of rotatable bonds is 1. The van der Waals surface area contributed by atoms with Crippen molar-refractivity contribution in [2.24, 2.45) is 0 Å². The van der Waals surface area contributed by atoms with Crippen molar-refractivity contribution < 1.29 is 24.4 Å². The SMILES string of the molecule is CC1(C)OC2OC(CO)[C@@](C)(O)C2O1. The lowest BCUT2D eigenvalue weighted by molar-refractivity contribution is -0.230. The molecule has 3 unspecified atom stereocenters. The van der Waals surface area contributed by atoms with Crippen LogP contribution in [0.4, 0.5) is 0 Å². The number of fused-ring (bicyclic) bond motifs is 1. The van der Waals surface area contributed by atoms with Crippen molar-refractivity contribution >= 4 is 0 Å².